The molecule has 0 atom stereocenters. The van der Waals surface area contributed by atoms with E-state index in [1.807, 2.05) is 51.1 Å². The number of hydrogen-bond donors (Lipinski definition) is 2. The van der Waals surface area contributed by atoms with Crippen LogP contribution in [0.3, 0.4) is 0 Å². The van der Waals surface area contributed by atoms with E-state index in [4.69, 9.17) is 11.6 Å². The van der Waals surface area contributed by atoms with Gasteiger partial charge in [0.15, 0.2) is 5.15 Å². The van der Waals surface area contributed by atoms with Crippen LogP contribution in [0.2, 0.25) is 5.15 Å². The van der Waals surface area contributed by atoms with E-state index in [1.54, 1.807) is 24.7 Å². The normalized spacial score (nSPS) is 13.3. The van der Waals surface area contributed by atoms with Crippen molar-refractivity contribution in [1.29, 1.82) is 0 Å². The summed E-state index contributed by atoms with van der Waals surface area (Å²) in [6, 6.07) is 10.8. The highest BCUT2D eigenvalue weighted by atomic mass is 35.5. The average molecular weight is 549 g/mol. The minimum atomic E-state index is -0.369. The van der Waals surface area contributed by atoms with Crippen molar-refractivity contribution in [2.45, 2.75) is 32.7 Å². The van der Waals surface area contributed by atoms with E-state index in [2.05, 4.69) is 30.6 Å². The molecule has 0 bridgehead atoms. The second-order valence-electron chi connectivity index (χ2n) is 9.74. The summed E-state index contributed by atoms with van der Waals surface area (Å²) in [4.78, 5) is 46.7. The fourth-order valence-electron chi connectivity index (χ4n) is 3.82. The van der Waals surface area contributed by atoms with Gasteiger partial charge < -0.3 is 10.6 Å². The molecule has 0 fully saturated rings. The van der Waals surface area contributed by atoms with Crippen LogP contribution in [-0.4, -0.2) is 38.9 Å². The lowest BCUT2D eigenvalue weighted by Gasteiger charge is -2.34. The number of halogens is 1. The Morgan fingerprint density at radius 1 is 1.08 bits per heavy atom. The number of aromatic nitrogens is 4. The van der Waals surface area contributed by atoms with Gasteiger partial charge in [-0.2, -0.15) is 4.98 Å². The van der Waals surface area contributed by atoms with Gasteiger partial charge in [0.2, 0.25) is 5.95 Å². The van der Waals surface area contributed by atoms with Crippen molar-refractivity contribution in [3.8, 4) is 0 Å². The monoisotopic (exact) mass is 548 g/mol. The van der Waals surface area contributed by atoms with Crippen LogP contribution >= 0.6 is 22.9 Å². The molecule has 3 amide bonds. The van der Waals surface area contributed by atoms with Crippen molar-refractivity contribution in [2.75, 3.05) is 27.5 Å². The number of benzene rings is 1. The van der Waals surface area contributed by atoms with Gasteiger partial charge in [-0.05, 0) is 18.2 Å². The third-order valence-corrected chi connectivity index (χ3v) is 7.34. The van der Waals surface area contributed by atoms with Crippen LogP contribution in [0.25, 0.3) is 0 Å². The Kier molecular flexibility index (Phi) is 6.72. The van der Waals surface area contributed by atoms with Crippen molar-refractivity contribution in [3.63, 3.8) is 0 Å². The number of hydrogen-bond acceptors (Lipinski definition) is 8. The maximum Gasteiger partial charge on any atom is 0.330 e. The fraction of sp³-hybridized carbons (Fsp3) is 0.231. The van der Waals surface area contributed by atoms with Crippen LogP contribution in [0.5, 0.6) is 0 Å². The Hall–Kier alpha value is -4.09. The van der Waals surface area contributed by atoms with Crippen molar-refractivity contribution in [2.24, 2.45) is 0 Å². The molecule has 12 heteroatoms. The standard InChI is InChI=1S/C26H25ClN8O2S/c1-26(2,3)23-32-18(14-38-23)22(36)30-17-10-19(20(27)28-12-17)35-13-15-11-29-24(31-16-8-6-5-7-9-16)33-21(15)34(4)25(35)37/h5-12,14H,13H2,1-4H3,(H,30,36)(H,29,31,33). The van der Waals surface area contributed by atoms with Gasteiger partial charge in [-0.3, -0.25) is 14.6 Å². The third-order valence-electron chi connectivity index (χ3n) is 5.78. The van der Waals surface area contributed by atoms with Gasteiger partial charge >= 0.3 is 6.03 Å². The lowest BCUT2D eigenvalue weighted by atomic mass is 9.98. The molecule has 1 aliphatic rings. The van der Waals surface area contributed by atoms with E-state index in [0.717, 1.165) is 16.3 Å². The number of amides is 3. The topological polar surface area (TPSA) is 116 Å². The molecule has 0 radical (unpaired) electrons. The van der Waals surface area contributed by atoms with E-state index in [0.29, 0.717) is 28.8 Å². The largest absolute Gasteiger partial charge is 0.330 e. The molecule has 194 valence electrons. The zero-order valence-corrected chi connectivity index (χ0v) is 22.8. The van der Waals surface area contributed by atoms with Gasteiger partial charge in [0.25, 0.3) is 5.91 Å². The number of carbonyl (C=O) groups is 2. The molecule has 38 heavy (non-hydrogen) atoms. The van der Waals surface area contributed by atoms with E-state index < -0.39 is 0 Å². The van der Waals surface area contributed by atoms with Gasteiger partial charge in [-0.25, -0.2) is 19.7 Å². The summed E-state index contributed by atoms with van der Waals surface area (Å²) in [5.74, 6) is 0.502. The summed E-state index contributed by atoms with van der Waals surface area (Å²) < 4.78 is 0. The molecule has 1 aromatic carbocycles. The van der Waals surface area contributed by atoms with Crippen LogP contribution in [0, 0.1) is 0 Å². The summed E-state index contributed by atoms with van der Waals surface area (Å²) in [6.45, 7) is 6.31. The SMILES string of the molecule is CN1C(=O)N(c2cc(NC(=O)c3csc(C(C)(C)C)n3)cnc2Cl)Cc2cnc(Nc3ccccc3)nc21. The van der Waals surface area contributed by atoms with Gasteiger partial charge in [0.1, 0.15) is 11.5 Å². The van der Waals surface area contributed by atoms with Crippen molar-refractivity contribution in [3.05, 3.63) is 75.6 Å². The van der Waals surface area contributed by atoms with Crippen LogP contribution in [-0.2, 0) is 12.0 Å². The van der Waals surface area contributed by atoms with Crippen molar-refractivity contribution < 1.29 is 9.59 Å². The first-order valence-electron chi connectivity index (χ1n) is 11.8. The molecule has 0 aliphatic carbocycles. The molecule has 0 saturated carbocycles. The van der Waals surface area contributed by atoms with Crippen LogP contribution in [0.15, 0.2) is 54.2 Å². The minimum Gasteiger partial charge on any atom is -0.324 e. The van der Waals surface area contributed by atoms with E-state index in [1.165, 1.54) is 27.3 Å². The summed E-state index contributed by atoms with van der Waals surface area (Å²) >= 11 is 7.84. The first kappa shape index (κ1) is 25.6. The molecule has 0 saturated heterocycles. The number of urea groups is 1. The first-order valence-corrected chi connectivity index (χ1v) is 13.0. The molecule has 4 aromatic rings. The highest BCUT2D eigenvalue weighted by Gasteiger charge is 2.32. The number of nitrogens with one attached hydrogen (secondary N) is 2. The van der Waals surface area contributed by atoms with Gasteiger partial charge in [-0.1, -0.05) is 50.6 Å². The maximum absolute atomic E-state index is 13.4. The van der Waals surface area contributed by atoms with E-state index >= 15 is 0 Å². The Bertz CT molecular complexity index is 1520. The lowest BCUT2D eigenvalue weighted by Crippen LogP contribution is -2.46. The third kappa shape index (κ3) is 5.15. The minimum absolute atomic E-state index is 0.125. The second-order valence-corrected chi connectivity index (χ2v) is 11.0. The highest BCUT2D eigenvalue weighted by Crippen LogP contribution is 2.35. The van der Waals surface area contributed by atoms with E-state index in [9.17, 15) is 9.59 Å². The fourth-order valence-corrected chi connectivity index (χ4v) is 4.91. The summed E-state index contributed by atoms with van der Waals surface area (Å²) in [6.07, 6.45) is 3.11. The molecular formula is C26H25ClN8O2S. The summed E-state index contributed by atoms with van der Waals surface area (Å²) in [5.41, 5.74) is 2.47. The predicted octanol–water partition coefficient (Wildman–Crippen LogP) is 5.85. The Balaban J connectivity index is 1.37. The predicted molar refractivity (Wildman–Crippen MR) is 150 cm³/mol. The molecule has 4 heterocycles. The Morgan fingerprint density at radius 3 is 2.55 bits per heavy atom. The number of carbonyl (C=O) groups excluding carboxylic acids is 2. The quantitative estimate of drug-likeness (QED) is 0.300. The molecule has 10 nitrogen and oxygen atoms in total. The molecule has 1 aliphatic heterocycles. The lowest BCUT2D eigenvalue weighted by molar-refractivity contribution is 0.102. The zero-order chi connectivity index (χ0) is 27.0. The average Bonchev–Trinajstić information content (AvgIpc) is 3.40. The van der Waals surface area contributed by atoms with Crippen LogP contribution < -0.4 is 20.4 Å². The number of nitrogens with zero attached hydrogens (tertiary/aromatic N) is 6. The Morgan fingerprint density at radius 2 is 1.84 bits per heavy atom. The maximum atomic E-state index is 13.4. The molecule has 3 aromatic heterocycles. The number of para-hydroxylation sites is 1. The van der Waals surface area contributed by atoms with E-state index in [-0.39, 0.29) is 29.1 Å². The number of rotatable bonds is 5. The van der Waals surface area contributed by atoms with Gasteiger partial charge in [-0.15, -0.1) is 11.3 Å². The zero-order valence-electron chi connectivity index (χ0n) is 21.2. The van der Waals surface area contributed by atoms with Crippen LogP contribution in [0.4, 0.5) is 33.6 Å². The highest BCUT2D eigenvalue weighted by molar-refractivity contribution is 7.10. The molecule has 5 rings (SSSR count). The summed E-state index contributed by atoms with van der Waals surface area (Å²) in [5, 5.41) is 8.66. The first-order chi connectivity index (χ1) is 18.1. The number of thiazole rings is 1. The second kappa shape index (κ2) is 9.99. The van der Waals surface area contributed by atoms with Crippen molar-refractivity contribution in [1.82, 2.24) is 19.9 Å². The van der Waals surface area contributed by atoms with Gasteiger partial charge in [0, 0.05) is 35.3 Å². The molecular weight excluding hydrogens is 524 g/mol. The molecule has 2 N–H and O–H groups in total. The number of pyridine rings is 1. The number of anilines is 5. The molecule has 0 unspecified atom stereocenters. The molecule has 0 spiro atoms. The number of fused-ring (bicyclic) bond motifs is 1. The van der Waals surface area contributed by atoms with Crippen LogP contribution in [0.1, 0.15) is 41.8 Å². The summed E-state index contributed by atoms with van der Waals surface area (Å²) in [7, 11) is 1.63. The Labute approximate surface area is 228 Å². The smallest absolute Gasteiger partial charge is 0.324 e. The van der Waals surface area contributed by atoms with Gasteiger partial charge in [0.05, 0.1) is 29.1 Å². The van der Waals surface area contributed by atoms with Crippen molar-refractivity contribution >= 4 is 63.7 Å².